The molecule has 1 aliphatic rings. The molecule has 0 radical (unpaired) electrons. The summed E-state index contributed by atoms with van der Waals surface area (Å²) in [4.78, 5) is 14.6. The summed E-state index contributed by atoms with van der Waals surface area (Å²) in [6, 6.07) is 15.7. The van der Waals surface area contributed by atoms with Gasteiger partial charge in [0.2, 0.25) is 6.10 Å². The van der Waals surface area contributed by atoms with Gasteiger partial charge in [0, 0.05) is 13.1 Å². The first kappa shape index (κ1) is 17.3. The minimum absolute atomic E-state index is 0.161. The standard InChI is InChI=1S/C20H24N2O3/c1-3-22(2)13-16-8-6-7-15(11-16)12-21-20(23)19-14-24-17-9-4-5-10-18(17)25-19/h4-11,19H,3,12-14H2,1-2H3,(H,21,23)/t19-/m0/s1. The van der Waals surface area contributed by atoms with Crippen molar-refractivity contribution in [3.8, 4) is 11.5 Å². The monoisotopic (exact) mass is 340 g/mol. The van der Waals surface area contributed by atoms with Gasteiger partial charge >= 0.3 is 0 Å². The Morgan fingerprint density at radius 1 is 1.16 bits per heavy atom. The molecule has 1 amide bonds. The molecule has 1 aliphatic heterocycles. The van der Waals surface area contributed by atoms with E-state index < -0.39 is 6.10 Å². The lowest BCUT2D eigenvalue weighted by atomic mass is 10.1. The fraction of sp³-hybridized carbons (Fsp3) is 0.350. The molecule has 2 aromatic carbocycles. The Balaban J connectivity index is 1.55. The minimum Gasteiger partial charge on any atom is -0.485 e. The highest BCUT2D eigenvalue weighted by molar-refractivity contribution is 5.81. The molecule has 0 fully saturated rings. The second kappa shape index (κ2) is 8.03. The minimum atomic E-state index is -0.621. The molecular weight excluding hydrogens is 316 g/mol. The first-order valence-corrected chi connectivity index (χ1v) is 8.58. The molecular formula is C20H24N2O3. The summed E-state index contributed by atoms with van der Waals surface area (Å²) in [5.41, 5.74) is 2.31. The molecule has 1 N–H and O–H groups in total. The third-order valence-corrected chi connectivity index (χ3v) is 4.25. The third kappa shape index (κ3) is 4.51. The summed E-state index contributed by atoms with van der Waals surface area (Å²) >= 11 is 0. The number of hydrogen-bond donors (Lipinski definition) is 1. The average Bonchev–Trinajstić information content (AvgIpc) is 2.66. The van der Waals surface area contributed by atoms with Crippen LogP contribution in [0.5, 0.6) is 11.5 Å². The number of hydrogen-bond acceptors (Lipinski definition) is 4. The first-order chi connectivity index (χ1) is 12.2. The van der Waals surface area contributed by atoms with Gasteiger partial charge in [0.15, 0.2) is 11.5 Å². The first-order valence-electron chi connectivity index (χ1n) is 8.58. The Morgan fingerprint density at radius 2 is 1.92 bits per heavy atom. The zero-order valence-corrected chi connectivity index (χ0v) is 14.7. The van der Waals surface area contributed by atoms with Crippen molar-refractivity contribution >= 4 is 5.91 Å². The quantitative estimate of drug-likeness (QED) is 0.878. The van der Waals surface area contributed by atoms with Gasteiger partial charge in [0.1, 0.15) is 6.61 Å². The van der Waals surface area contributed by atoms with Crippen molar-refractivity contribution in [3.63, 3.8) is 0 Å². The molecule has 1 atom stereocenters. The third-order valence-electron chi connectivity index (χ3n) is 4.25. The van der Waals surface area contributed by atoms with Crippen LogP contribution in [0, 0.1) is 0 Å². The highest BCUT2D eigenvalue weighted by Gasteiger charge is 2.26. The molecule has 5 heteroatoms. The molecule has 1 heterocycles. The van der Waals surface area contributed by atoms with E-state index in [1.807, 2.05) is 36.4 Å². The number of nitrogens with one attached hydrogen (secondary N) is 1. The van der Waals surface area contributed by atoms with Gasteiger partial charge in [-0.2, -0.15) is 0 Å². The predicted molar refractivity (Wildman–Crippen MR) is 96.6 cm³/mol. The van der Waals surface area contributed by atoms with E-state index in [0.717, 1.165) is 18.7 Å². The molecule has 0 spiro atoms. The maximum Gasteiger partial charge on any atom is 0.264 e. The number of carbonyl (C=O) groups excluding carboxylic acids is 1. The predicted octanol–water partition coefficient (Wildman–Crippen LogP) is 2.59. The number of amides is 1. The van der Waals surface area contributed by atoms with E-state index in [1.54, 1.807) is 0 Å². The fourth-order valence-corrected chi connectivity index (χ4v) is 2.71. The van der Waals surface area contributed by atoms with Crippen molar-refractivity contribution in [2.75, 3.05) is 20.2 Å². The topological polar surface area (TPSA) is 50.8 Å². The molecule has 2 aromatic rings. The van der Waals surface area contributed by atoms with Gasteiger partial charge in [-0.05, 0) is 36.9 Å². The molecule has 5 nitrogen and oxygen atoms in total. The molecule has 0 bridgehead atoms. The van der Waals surface area contributed by atoms with Crippen LogP contribution in [0.25, 0.3) is 0 Å². The van der Waals surface area contributed by atoms with Crippen LogP contribution in [0.1, 0.15) is 18.1 Å². The zero-order chi connectivity index (χ0) is 17.6. The summed E-state index contributed by atoms with van der Waals surface area (Å²) in [6.45, 7) is 4.73. The summed E-state index contributed by atoms with van der Waals surface area (Å²) in [6.07, 6.45) is -0.621. The number of fused-ring (bicyclic) bond motifs is 1. The lowest BCUT2D eigenvalue weighted by molar-refractivity contribution is -0.130. The summed E-state index contributed by atoms with van der Waals surface area (Å²) in [7, 11) is 2.09. The van der Waals surface area contributed by atoms with Crippen molar-refractivity contribution < 1.29 is 14.3 Å². The van der Waals surface area contributed by atoms with E-state index in [-0.39, 0.29) is 12.5 Å². The fourth-order valence-electron chi connectivity index (χ4n) is 2.71. The van der Waals surface area contributed by atoms with Crippen molar-refractivity contribution in [3.05, 3.63) is 59.7 Å². The lowest BCUT2D eigenvalue weighted by Gasteiger charge is -2.25. The molecule has 0 aliphatic carbocycles. The van der Waals surface area contributed by atoms with Gasteiger partial charge in [-0.25, -0.2) is 0 Å². The Hall–Kier alpha value is -2.53. The van der Waals surface area contributed by atoms with Crippen molar-refractivity contribution in [1.82, 2.24) is 10.2 Å². The molecule has 132 valence electrons. The molecule has 0 unspecified atom stereocenters. The molecule has 0 aromatic heterocycles. The summed E-state index contributed by atoms with van der Waals surface area (Å²) in [5.74, 6) is 1.13. The smallest absolute Gasteiger partial charge is 0.264 e. The summed E-state index contributed by atoms with van der Waals surface area (Å²) in [5, 5.41) is 2.94. The number of para-hydroxylation sites is 2. The van der Waals surface area contributed by atoms with E-state index in [4.69, 9.17) is 9.47 Å². The number of ether oxygens (including phenoxy) is 2. The van der Waals surface area contributed by atoms with Crippen LogP contribution in [0.2, 0.25) is 0 Å². The van der Waals surface area contributed by atoms with E-state index in [9.17, 15) is 4.79 Å². The van der Waals surface area contributed by atoms with Gasteiger partial charge in [-0.1, -0.05) is 43.3 Å². The Morgan fingerprint density at radius 3 is 2.72 bits per heavy atom. The molecule has 0 saturated heterocycles. The van der Waals surface area contributed by atoms with Gasteiger partial charge < -0.3 is 19.7 Å². The Kier molecular flexibility index (Phi) is 5.56. The normalized spacial score (nSPS) is 15.9. The van der Waals surface area contributed by atoms with Crippen molar-refractivity contribution in [2.24, 2.45) is 0 Å². The van der Waals surface area contributed by atoms with E-state index in [1.165, 1.54) is 5.56 Å². The van der Waals surface area contributed by atoms with Crippen molar-refractivity contribution in [1.29, 1.82) is 0 Å². The van der Waals surface area contributed by atoms with Crippen LogP contribution in [0.4, 0.5) is 0 Å². The zero-order valence-electron chi connectivity index (χ0n) is 14.7. The number of nitrogens with zero attached hydrogens (tertiary/aromatic N) is 1. The Bertz CT molecular complexity index is 732. The highest BCUT2D eigenvalue weighted by atomic mass is 16.6. The van der Waals surface area contributed by atoms with Crippen LogP contribution < -0.4 is 14.8 Å². The van der Waals surface area contributed by atoms with Gasteiger partial charge in [-0.15, -0.1) is 0 Å². The average molecular weight is 340 g/mol. The van der Waals surface area contributed by atoms with Gasteiger partial charge in [0.05, 0.1) is 0 Å². The van der Waals surface area contributed by atoms with Crippen LogP contribution in [-0.4, -0.2) is 37.1 Å². The second-order valence-corrected chi connectivity index (χ2v) is 6.23. The van der Waals surface area contributed by atoms with E-state index >= 15 is 0 Å². The van der Waals surface area contributed by atoms with Gasteiger partial charge in [-0.3, -0.25) is 4.79 Å². The maximum atomic E-state index is 12.4. The molecule has 3 rings (SSSR count). The van der Waals surface area contributed by atoms with Crippen LogP contribution in [0.15, 0.2) is 48.5 Å². The second-order valence-electron chi connectivity index (χ2n) is 6.23. The SMILES string of the molecule is CCN(C)Cc1cccc(CNC(=O)[C@@H]2COc3ccccc3O2)c1. The summed E-state index contributed by atoms with van der Waals surface area (Å²) < 4.78 is 11.3. The van der Waals surface area contributed by atoms with Crippen LogP contribution in [0.3, 0.4) is 0 Å². The molecule has 0 saturated carbocycles. The van der Waals surface area contributed by atoms with Crippen LogP contribution in [-0.2, 0) is 17.9 Å². The van der Waals surface area contributed by atoms with Gasteiger partial charge in [0.25, 0.3) is 5.91 Å². The van der Waals surface area contributed by atoms with Crippen molar-refractivity contribution in [2.45, 2.75) is 26.1 Å². The Labute approximate surface area is 148 Å². The molecule has 25 heavy (non-hydrogen) atoms. The maximum absolute atomic E-state index is 12.4. The van der Waals surface area contributed by atoms with Crippen LogP contribution >= 0.6 is 0 Å². The number of carbonyl (C=O) groups is 1. The van der Waals surface area contributed by atoms with E-state index in [2.05, 4.69) is 36.3 Å². The largest absolute Gasteiger partial charge is 0.485 e. The number of benzene rings is 2. The lowest BCUT2D eigenvalue weighted by Crippen LogP contribution is -2.43. The van der Waals surface area contributed by atoms with E-state index in [0.29, 0.717) is 18.0 Å². The highest BCUT2D eigenvalue weighted by Crippen LogP contribution is 2.30. The number of rotatable bonds is 6.